The molecule has 0 saturated heterocycles. The molecule has 0 radical (unpaired) electrons. The van der Waals surface area contributed by atoms with Crippen molar-refractivity contribution in [2.24, 2.45) is 35.0 Å². The molecule has 130 valence electrons. The fourth-order valence-corrected chi connectivity index (χ4v) is 7.55. The number of allylic oxidation sites excluding steroid dienone is 1. The molecule has 4 aliphatic rings. The molecule has 3 fully saturated rings. The van der Waals surface area contributed by atoms with Crippen LogP contribution in [0.3, 0.4) is 0 Å². The summed E-state index contributed by atoms with van der Waals surface area (Å²) in [6.45, 7) is 6.78. The van der Waals surface area contributed by atoms with Gasteiger partial charge in [-0.15, -0.1) is 0 Å². The maximum absolute atomic E-state index is 10.3. The third kappa shape index (κ3) is 2.35. The highest BCUT2D eigenvalue weighted by atomic mass is 16.3. The lowest BCUT2D eigenvalue weighted by Crippen LogP contribution is -2.47. The van der Waals surface area contributed by atoms with Crippen molar-refractivity contribution >= 4 is 0 Å². The van der Waals surface area contributed by atoms with Crippen molar-refractivity contribution in [1.82, 2.24) is 0 Å². The summed E-state index contributed by atoms with van der Waals surface area (Å²) in [4.78, 5) is 0. The minimum atomic E-state index is -0.149. The summed E-state index contributed by atoms with van der Waals surface area (Å²) in [6, 6.07) is 0. The van der Waals surface area contributed by atoms with Crippen molar-refractivity contribution in [1.29, 1.82) is 0 Å². The van der Waals surface area contributed by atoms with E-state index in [1.807, 2.05) is 6.92 Å². The summed E-state index contributed by atoms with van der Waals surface area (Å²) in [5.74, 6) is 3.61. The van der Waals surface area contributed by atoms with E-state index in [0.717, 1.165) is 30.6 Å². The summed E-state index contributed by atoms with van der Waals surface area (Å²) < 4.78 is 0. The summed E-state index contributed by atoms with van der Waals surface area (Å²) in [5, 5.41) is 20.4. The lowest BCUT2D eigenvalue weighted by atomic mass is 9.51. The molecule has 23 heavy (non-hydrogen) atoms. The van der Waals surface area contributed by atoms with Gasteiger partial charge >= 0.3 is 0 Å². The molecular weight excluding hydrogens is 284 g/mol. The lowest BCUT2D eigenvalue weighted by Gasteiger charge is -2.54. The van der Waals surface area contributed by atoms with Crippen LogP contribution in [0.1, 0.15) is 72.1 Å². The highest BCUT2D eigenvalue weighted by Crippen LogP contribution is 2.64. The molecule has 0 amide bonds. The molecule has 0 aliphatic heterocycles. The smallest absolute Gasteiger partial charge is 0.0583 e. The van der Waals surface area contributed by atoms with Crippen LogP contribution in [-0.2, 0) is 0 Å². The van der Waals surface area contributed by atoms with Crippen molar-refractivity contribution in [2.45, 2.75) is 84.3 Å². The van der Waals surface area contributed by atoms with Crippen LogP contribution in [0.5, 0.6) is 0 Å². The highest BCUT2D eigenvalue weighted by molar-refractivity contribution is 5.27. The Morgan fingerprint density at radius 2 is 1.91 bits per heavy atom. The van der Waals surface area contributed by atoms with Crippen LogP contribution in [0, 0.1) is 35.0 Å². The molecular formula is C21H34O2. The Morgan fingerprint density at radius 1 is 1.13 bits per heavy atom. The van der Waals surface area contributed by atoms with Gasteiger partial charge in [0.05, 0.1) is 12.2 Å². The van der Waals surface area contributed by atoms with Gasteiger partial charge in [0.25, 0.3) is 0 Å². The topological polar surface area (TPSA) is 40.5 Å². The van der Waals surface area contributed by atoms with E-state index in [1.165, 1.54) is 44.1 Å². The molecule has 0 heterocycles. The average molecular weight is 319 g/mol. The zero-order valence-electron chi connectivity index (χ0n) is 15.1. The summed E-state index contributed by atoms with van der Waals surface area (Å²) in [6.07, 6.45) is 9.48. The molecule has 0 aromatic rings. The maximum atomic E-state index is 10.3. The monoisotopic (exact) mass is 318 g/mol. The average Bonchev–Trinajstić information content (AvgIpc) is 2.83. The van der Waals surface area contributed by atoms with E-state index >= 15 is 0 Å². The van der Waals surface area contributed by atoms with Crippen molar-refractivity contribution in [3.8, 4) is 0 Å². The van der Waals surface area contributed by atoms with Crippen LogP contribution in [0.2, 0.25) is 0 Å². The van der Waals surface area contributed by atoms with E-state index in [1.54, 1.807) is 5.57 Å². The second-order valence-corrected chi connectivity index (χ2v) is 9.45. The maximum Gasteiger partial charge on any atom is 0.0583 e. The van der Waals surface area contributed by atoms with E-state index in [0.29, 0.717) is 17.3 Å². The summed E-state index contributed by atoms with van der Waals surface area (Å²) in [5.41, 5.74) is 3.64. The van der Waals surface area contributed by atoms with E-state index < -0.39 is 0 Å². The van der Waals surface area contributed by atoms with Crippen LogP contribution in [0.25, 0.3) is 0 Å². The van der Waals surface area contributed by atoms with E-state index in [2.05, 4.69) is 13.8 Å². The van der Waals surface area contributed by atoms with Crippen LogP contribution in [-0.4, -0.2) is 22.4 Å². The number of fused-ring (bicyclic) bond motifs is 5. The minimum Gasteiger partial charge on any atom is -0.393 e. The number of aliphatic hydroxyl groups is 2. The number of hydrogen-bond donors (Lipinski definition) is 2. The molecule has 2 N–H and O–H groups in total. The van der Waals surface area contributed by atoms with Crippen LogP contribution in [0.15, 0.2) is 11.1 Å². The normalized spacial score (nSPS) is 51.0. The van der Waals surface area contributed by atoms with Gasteiger partial charge in [-0.1, -0.05) is 18.1 Å². The van der Waals surface area contributed by atoms with Gasteiger partial charge in [-0.05, 0) is 100 Å². The molecule has 3 saturated carbocycles. The van der Waals surface area contributed by atoms with Crippen LogP contribution in [0.4, 0.5) is 0 Å². The molecule has 2 nitrogen and oxygen atoms in total. The molecule has 4 aliphatic carbocycles. The molecule has 8 atom stereocenters. The van der Waals surface area contributed by atoms with Gasteiger partial charge in [-0.3, -0.25) is 0 Å². The van der Waals surface area contributed by atoms with E-state index in [-0.39, 0.29) is 12.2 Å². The molecule has 2 heteroatoms. The van der Waals surface area contributed by atoms with Crippen LogP contribution >= 0.6 is 0 Å². The molecule has 4 rings (SSSR count). The molecule has 0 bridgehead atoms. The first-order valence-corrected chi connectivity index (χ1v) is 9.97. The molecule has 0 aromatic carbocycles. The summed E-state index contributed by atoms with van der Waals surface area (Å²) in [7, 11) is 0. The third-order valence-electron chi connectivity index (χ3n) is 8.37. The van der Waals surface area contributed by atoms with Gasteiger partial charge in [-0.25, -0.2) is 0 Å². The molecule has 6 unspecified atom stereocenters. The quantitative estimate of drug-likeness (QED) is 0.707. The first-order chi connectivity index (χ1) is 10.9. The Labute approximate surface area is 141 Å². The third-order valence-corrected chi connectivity index (χ3v) is 8.37. The first kappa shape index (κ1) is 16.1. The van der Waals surface area contributed by atoms with Gasteiger partial charge in [-0.2, -0.15) is 0 Å². The standard InChI is InChI=1S/C21H34O2/c1-12-10-15(23)11-14-4-5-16-17(20(12)14)8-9-21(3)18(13(2)22)6-7-19(16)21/h13-19,22-23H,4-11H2,1-3H3/t13?,14?,15?,16?,17?,18-,19?,21-/m1/s1. The fraction of sp³-hybridized carbons (Fsp3) is 0.905. The van der Waals surface area contributed by atoms with E-state index in [4.69, 9.17) is 0 Å². The van der Waals surface area contributed by atoms with E-state index in [9.17, 15) is 10.2 Å². The van der Waals surface area contributed by atoms with Crippen LogP contribution < -0.4 is 0 Å². The van der Waals surface area contributed by atoms with Gasteiger partial charge < -0.3 is 10.2 Å². The second kappa shape index (κ2) is 5.59. The largest absolute Gasteiger partial charge is 0.393 e. The first-order valence-electron chi connectivity index (χ1n) is 9.97. The van der Waals surface area contributed by atoms with Gasteiger partial charge in [0.2, 0.25) is 0 Å². The SMILES string of the molecule is CC1=C2C(CCC3C2CC[C@@]2(C)C3CC[C@@H]2C(C)O)CC(O)C1. The Hall–Kier alpha value is -0.340. The lowest BCUT2D eigenvalue weighted by molar-refractivity contribution is -0.0362. The molecule has 0 aromatic heterocycles. The zero-order chi connectivity index (χ0) is 16.4. The van der Waals surface area contributed by atoms with Gasteiger partial charge in [0.1, 0.15) is 0 Å². The highest BCUT2D eigenvalue weighted by Gasteiger charge is 2.56. The predicted octanol–water partition coefficient (Wildman–Crippen LogP) is 4.31. The Balaban J connectivity index is 1.64. The fourth-order valence-electron chi connectivity index (χ4n) is 7.55. The number of rotatable bonds is 1. The minimum absolute atomic E-state index is 0.0970. The number of aliphatic hydroxyl groups excluding tert-OH is 2. The van der Waals surface area contributed by atoms with Crippen molar-refractivity contribution in [3.63, 3.8) is 0 Å². The predicted molar refractivity (Wildman–Crippen MR) is 92.9 cm³/mol. The Bertz CT molecular complexity index is 508. The second-order valence-electron chi connectivity index (χ2n) is 9.45. The number of hydrogen-bond acceptors (Lipinski definition) is 2. The Kier molecular flexibility index (Phi) is 3.93. The summed E-state index contributed by atoms with van der Waals surface area (Å²) >= 11 is 0. The van der Waals surface area contributed by atoms with Crippen molar-refractivity contribution in [3.05, 3.63) is 11.1 Å². The van der Waals surface area contributed by atoms with Crippen molar-refractivity contribution < 1.29 is 10.2 Å². The van der Waals surface area contributed by atoms with Gasteiger partial charge in [0.15, 0.2) is 0 Å². The Morgan fingerprint density at radius 3 is 2.65 bits per heavy atom. The zero-order valence-corrected chi connectivity index (χ0v) is 15.1. The molecule has 0 spiro atoms. The van der Waals surface area contributed by atoms with Crippen molar-refractivity contribution in [2.75, 3.05) is 0 Å². The van der Waals surface area contributed by atoms with Gasteiger partial charge in [0, 0.05) is 0 Å².